The van der Waals surface area contributed by atoms with Crippen molar-refractivity contribution in [2.24, 2.45) is 0 Å². The van der Waals surface area contributed by atoms with Gasteiger partial charge in [-0.25, -0.2) is 4.79 Å². The predicted molar refractivity (Wildman–Crippen MR) is 275 cm³/mol. The van der Waals surface area contributed by atoms with Crippen molar-refractivity contribution in [1.29, 1.82) is 0 Å². The molecule has 6 unspecified atom stereocenters. The summed E-state index contributed by atoms with van der Waals surface area (Å²) in [6.45, 7) is 5.81. The van der Waals surface area contributed by atoms with E-state index in [1.807, 2.05) is 0 Å². The molecule has 1 fully saturated rings. The summed E-state index contributed by atoms with van der Waals surface area (Å²) in [4.78, 5) is 50.9. The second-order valence-electron chi connectivity index (χ2n) is 18.5. The molecule has 0 saturated carbocycles. The zero-order valence-corrected chi connectivity index (χ0v) is 43.3. The topological polar surface area (TPSA) is 175 Å². The number of carboxylic acids is 1. The molecule has 1 saturated heterocycles. The van der Waals surface area contributed by atoms with Crippen LogP contribution >= 0.6 is 0 Å². The van der Waals surface area contributed by atoms with E-state index in [1.165, 1.54) is 70.6 Å². The van der Waals surface area contributed by atoms with Crippen LogP contribution in [0.4, 0.5) is 0 Å². The normalized spacial score (nSPS) is 19.1. The molecule has 1 aliphatic rings. The van der Waals surface area contributed by atoms with Gasteiger partial charge in [0.2, 0.25) is 0 Å². The zero-order chi connectivity index (χ0) is 50.4. The molecule has 0 aromatic carbocycles. The molecule has 396 valence electrons. The van der Waals surface area contributed by atoms with Crippen molar-refractivity contribution in [3.8, 4) is 0 Å². The van der Waals surface area contributed by atoms with Crippen LogP contribution in [0.15, 0.2) is 60.8 Å². The van der Waals surface area contributed by atoms with E-state index in [9.17, 15) is 34.5 Å². The summed E-state index contributed by atoms with van der Waals surface area (Å²) in [5.41, 5.74) is 0. The lowest BCUT2D eigenvalue weighted by atomic mass is 9.98. The molecule has 0 aromatic rings. The molecule has 69 heavy (non-hydrogen) atoms. The molecule has 12 nitrogen and oxygen atoms in total. The first-order chi connectivity index (χ1) is 33.6. The minimum atomic E-state index is -1.92. The number of rotatable bonds is 45. The Morgan fingerprint density at radius 1 is 0.493 bits per heavy atom. The smallest absolute Gasteiger partial charge is 0.335 e. The summed E-state index contributed by atoms with van der Waals surface area (Å²) < 4.78 is 28.3. The van der Waals surface area contributed by atoms with Gasteiger partial charge in [-0.15, -0.1) is 0 Å². The number of aliphatic carboxylic acids is 1. The monoisotopic (exact) mass is 973 g/mol. The van der Waals surface area contributed by atoms with E-state index in [2.05, 4.69) is 81.5 Å². The highest BCUT2D eigenvalue weighted by molar-refractivity contribution is 5.74. The van der Waals surface area contributed by atoms with E-state index in [0.29, 0.717) is 25.7 Å². The summed E-state index contributed by atoms with van der Waals surface area (Å²) in [5, 5.41) is 31.3. The highest BCUT2D eigenvalue weighted by atomic mass is 16.7. The van der Waals surface area contributed by atoms with Crippen molar-refractivity contribution in [1.82, 2.24) is 0 Å². The van der Waals surface area contributed by atoms with Gasteiger partial charge in [0.15, 0.2) is 24.6 Å². The van der Waals surface area contributed by atoms with Gasteiger partial charge in [0.05, 0.1) is 6.61 Å². The predicted octanol–water partition coefficient (Wildman–Crippen LogP) is 13.2. The molecule has 0 aliphatic carbocycles. The summed E-state index contributed by atoms with van der Waals surface area (Å²) in [6, 6.07) is 0. The Labute approximate surface area is 417 Å². The fourth-order valence-electron chi connectivity index (χ4n) is 7.88. The van der Waals surface area contributed by atoms with Gasteiger partial charge < -0.3 is 39.0 Å². The van der Waals surface area contributed by atoms with Gasteiger partial charge in [0.1, 0.15) is 18.8 Å². The number of allylic oxidation sites excluding steroid dienone is 10. The van der Waals surface area contributed by atoms with Crippen LogP contribution < -0.4 is 0 Å². The molecule has 0 aromatic heterocycles. The largest absolute Gasteiger partial charge is 0.479 e. The van der Waals surface area contributed by atoms with E-state index >= 15 is 0 Å². The third kappa shape index (κ3) is 36.1. The maximum Gasteiger partial charge on any atom is 0.335 e. The molecule has 0 bridgehead atoms. The third-order valence-electron chi connectivity index (χ3n) is 12.1. The van der Waals surface area contributed by atoms with Gasteiger partial charge in [-0.3, -0.25) is 14.4 Å². The Bertz CT molecular complexity index is 1440. The number of hydrogen-bond donors (Lipinski definition) is 3. The average Bonchev–Trinajstić information content (AvgIpc) is 3.33. The maximum atomic E-state index is 13.1. The van der Waals surface area contributed by atoms with Crippen LogP contribution in [-0.2, 0) is 42.9 Å². The van der Waals surface area contributed by atoms with Gasteiger partial charge in [0, 0.05) is 19.3 Å². The number of carboxylic acid groups (broad SMARTS) is 1. The van der Waals surface area contributed by atoms with Crippen molar-refractivity contribution in [2.45, 2.75) is 263 Å². The third-order valence-corrected chi connectivity index (χ3v) is 12.1. The maximum absolute atomic E-state index is 13.1. The van der Waals surface area contributed by atoms with E-state index in [-0.39, 0.29) is 25.9 Å². The van der Waals surface area contributed by atoms with Crippen LogP contribution in [0.2, 0.25) is 0 Å². The number of ether oxygens (including phenoxy) is 5. The zero-order valence-electron chi connectivity index (χ0n) is 43.3. The van der Waals surface area contributed by atoms with Crippen LogP contribution in [0, 0.1) is 0 Å². The SMILES string of the molecule is CC/C=C\C/C=C\C/C=C\C/C=C\CCCCC(=O)OC1C(OCC(COC(=O)CCCCCCC/C=C\CCCCCC)OC(=O)CCCCCCCCCCCCC)OC(C(=O)O)C(O)C1O. The second-order valence-corrected chi connectivity index (χ2v) is 18.5. The summed E-state index contributed by atoms with van der Waals surface area (Å²) in [7, 11) is 0. The van der Waals surface area contributed by atoms with Crippen LogP contribution in [0.3, 0.4) is 0 Å². The van der Waals surface area contributed by atoms with Crippen LogP contribution in [0.5, 0.6) is 0 Å². The highest BCUT2D eigenvalue weighted by Gasteiger charge is 2.50. The molecule has 0 amide bonds. The van der Waals surface area contributed by atoms with Crippen molar-refractivity contribution < 1.29 is 58.2 Å². The summed E-state index contributed by atoms with van der Waals surface area (Å²) in [5.74, 6) is -3.18. The Hall–Kier alpha value is -3.58. The van der Waals surface area contributed by atoms with Crippen molar-refractivity contribution in [2.75, 3.05) is 13.2 Å². The van der Waals surface area contributed by atoms with Gasteiger partial charge >= 0.3 is 23.9 Å². The molecule has 6 atom stereocenters. The number of esters is 3. The second kappa shape index (κ2) is 45.6. The molecule has 12 heteroatoms. The molecular weight excluding hydrogens is 877 g/mol. The minimum Gasteiger partial charge on any atom is -0.479 e. The van der Waals surface area contributed by atoms with E-state index in [1.54, 1.807) is 0 Å². The number of aliphatic hydroxyl groups is 2. The summed E-state index contributed by atoms with van der Waals surface area (Å²) in [6.07, 6.45) is 42.1. The lowest BCUT2D eigenvalue weighted by Crippen LogP contribution is -2.61. The van der Waals surface area contributed by atoms with Gasteiger partial charge in [-0.05, 0) is 83.5 Å². The molecule has 0 spiro atoms. The first-order valence-electron chi connectivity index (χ1n) is 27.3. The molecule has 3 N–H and O–H groups in total. The van der Waals surface area contributed by atoms with Crippen LogP contribution in [-0.4, -0.2) is 89.2 Å². The number of unbranched alkanes of at least 4 members (excludes halogenated alkanes) is 21. The van der Waals surface area contributed by atoms with E-state index in [0.717, 1.165) is 89.9 Å². The minimum absolute atomic E-state index is 0.00769. The van der Waals surface area contributed by atoms with E-state index in [4.69, 9.17) is 23.7 Å². The fourth-order valence-corrected chi connectivity index (χ4v) is 7.88. The lowest BCUT2D eigenvalue weighted by molar-refractivity contribution is -0.301. The molecule has 0 radical (unpaired) electrons. The highest BCUT2D eigenvalue weighted by Crippen LogP contribution is 2.26. The van der Waals surface area contributed by atoms with Crippen molar-refractivity contribution in [3.05, 3.63) is 60.8 Å². The molecule has 1 heterocycles. The number of hydrogen-bond acceptors (Lipinski definition) is 11. The number of carbonyl (C=O) groups excluding carboxylic acids is 3. The number of carbonyl (C=O) groups is 4. The van der Waals surface area contributed by atoms with Crippen molar-refractivity contribution >= 4 is 23.9 Å². The fraction of sp³-hybridized carbons (Fsp3) is 0.754. The Balaban J connectivity index is 2.75. The van der Waals surface area contributed by atoms with E-state index < -0.39 is 67.3 Å². The van der Waals surface area contributed by atoms with Gasteiger partial charge in [-0.1, -0.05) is 184 Å². The van der Waals surface area contributed by atoms with Crippen LogP contribution in [0.1, 0.15) is 226 Å². The quantitative estimate of drug-likeness (QED) is 0.0228. The first-order valence-corrected chi connectivity index (χ1v) is 27.3. The standard InChI is InChI=1S/C57H96O12/c1-4-7-10-13-16-19-22-24-25-27-30-33-36-39-42-45-51(60)68-55-53(62)52(61)54(56(63)64)69-57(55)66-47-48(67-50(59)44-41-38-35-32-28-21-18-15-12-9-6-3)46-65-49(58)43-40-37-34-31-29-26-23-20-17-14-11-8-5-2/h7,10,16,19-20,23-25,30,33,48,52-55,57,61-62H,4-6,8-9,11-15,17-18,21-22,26-29,31-32,34-47H2,1-3H3,(H,63,64)/b10-7-,19-16-,23-20-,25-24-,33-30-. The van der Waals surface area contributed by atoms with Gasteiger partial charge in [-0.2, -0.15) is 0 Å². The molecule has 1 aliphatic heterocycles. The lowest BCUT2D eigenvalue weighted by Gasteiger charge is -2.40. The molecule has 1 rings (SSSR count). The Kier molecular flexibility index (Phi) is 41.9. The van der Waals surface area contributed by atoms with Gasteiger partial charge in [0.25, 0.3) is 0 Å². The Morgan fingerprint density at radius 3 is 1.45 bits per heavy atom. The Morgan fingerprint density at radius 2 is 0.913 bits per heavy atom. The van der Waals surface area contributed by atoms with Crippen molar-refractivity contribution in [3.63, 3.8) is 0 Å². The summed E-state index contributed by atoms with van der Waals surface area (Å²) >= 11 is 0. The first kappa shape index (κ1) is 63.4. The number of aliphatic hydroxyl groups excluding tert-OH is 2. The molecular formula is C57H96O12. The van der Waals surface area contributed by atoms with Crippen LogP contribution in [0.25, 0.3) is 0 Å². The average molecular weight is 973 g/mol.